The number of hydrogen-bond acceptors (Lipinski definition) is 5. The van der Waals surface area contributed by atoms with E-state index in [1.54, 1.807) is 18.2 Å². The Morgan fingerprint density at radius 2 is 2.11 bits per heavy atom. The van der Waals surface area contributed by atoms with Crippen LogP contribution in [0, 0.1) is 6.92 Å². The fourth-order valence-electron chi connectivity index (χ4n) is 1.47. The first kappa shape index (κ1) is 15.5. The van der Waals surface area contributed by atoms with Crippen molar-refractivity contribution in [3.8, 4) is 0 Å². The standard InChI is InChI=1S/C12H18N2O4S/c1-9-10(4-3-5-11(9)13)8-14-19(16,17)7-6-12(15)18-2/h3-5,14H,6-8,13H2,1-2H3. The minimum Gasteiger partial charge on any atom is -0.469 e. The molecule has 0 atom stereocenters. The highest BCUT2D eigenvalue weighted by molar-refractivity contribution is 7.89. The van der Waals surface area contributed by atoms with E-state index in [0.29, 0.717) is 5.69 Å². The van der Waals surface area contributed by atoms with Crippen molar-refractivity contribution in [2.24, 2.45) is 0 Å². The Morgan fingerprint density at radius 1 is 1.42 bits per heavy atom. The summed E-state index contributed by atoms with van der Waals surface area (Å²) in [6, 6.07) is 5.32. The largest absolute Gasteiger partial charge is 0.469 e. The first-order chi connectivity index (χ1) is 8.85. The zero-order chi connectivity index (χ0) is 14.5. The number of carbonyl (C=O) groups excluding carboxylic acids is 1. The van der Waals surface area contributed by atoms with Crippen LogP contribution in [0.15, 0.2) is 18.2 Å². The van der Waals surface area contributed by atoms with E-state index < -0.39 is 16.0 Å². The van der Waals surface area contributed by atoms with Crippen LogP contribution in [0.25, 0.3) is 0 Å². The van der Waals surface area contributed by atoms with E-state index in [1.807, 2.05) is 6.92 Å². The summed E-state index contributed by atoms with van der Waals surface area (Å²) in [7, 11) is -2.29. The van der Waals surface area contributed by atoms with Crippen LogP contribution in [-0.4, -0.2) is 27.2 Å². The minimum absolute atomic E-state index is 0.153. The number of hydrogen-bond donors (Lipinski definition) is 2. The maximum Gasteiger partial charge on any atom is 0.306 e. The van der Waals surface area contributed by atoms with Gasteiger partial charge in [-0.05, 0) is 24.1 Å². The zero-order valence-corrected chi connectivity index (χ0v) is 11.8. The van der Waals surface area contributed by atoms with E-state index in [4.69, 9.17) is 5.73 Å². The molecule has 0 spiro atoms. The molecule has 0 aliphatic rings. The molecule has 1 aromatic carbocycles. The Bertz CT molecular complexity index is 555. The number of esters is 1. The third-order valence-corrected chi connectivity index (χ3v) is 4.10. The van der Waals surface area contributed by atoms with E-state index in [9.17, 15) is 13.2 Å². The maximum atomic E-state index is 11.7. The van der Waals surface area contributed by atoms with Gasteiger partial charge in [0.05, 0.1) is 19.3 Å². The van der Waals surface area contributed by atoms with Gasteiger partial charge in [-0.25, -0.2) is 13.1 Å². The molecule has 1 rings (SSSR count). The Morgan fingerprint density at radius 3 is 2.74 bits per heavy atom. The van der Waals surface area contributed by atoms with Crippen molar-refractivity contribution in [2.75, 3.05) is 18.6 Å². The molecule has 0 bridgehead atoms. The molecular weight excluding hydrogens is 268 g/mol. The van der Waals surface area contributed by atoms with E-state index >= 15 is 0 Å². The summed E-state index contributed by atoms with van der Waals surface area (Å²) in [6.07, 6.45) is -0.165. The van der Waals surface area contributed by atoms with Crippen molar-refractivity contribution in [2.45, 2.75) is 19.9 Å². The smallest absolute Gasteiger partial charge is 0.306 e. The Balaban J connectivity index is 2.60. The summed E-state index contributed by atoms with van der Waals surface area (Å²) in [5, 5.41) is 0. The monoisotopic (exact) mass is 286 g/mol. The molecule has 0 heterocycles. The highest BCUT2D eigenvalue weighted by atomic mass is 32.2. The highest BCUT2D eigenvalue weighted by Gasteiger charge is 2.14. The van der Waals surface area contributed by atoms with Crippen LogP contribution in [0.3, 0.4) is 0 Å². The topological polar surface area (TPSA) is 98.5 Å². The van der Waals surface area contributed by atoms with Crippen molar-refractivity contribution in [3.05, 3.63) is 29.3 Å². The van der Waals surface area contributed by atoms with Gasteiger partial charge in [-0.3, -0.25) is 4.79 Å². The lowest BCUT2D eigenvalue weighted by molar-refractivity contribution is -0.140. The first-order valence-corrected chi connectivity index (χ1v) is 7.39. The van der Waals surface area contributed by atoms with Gasteiger partial charge in [-0.1, -0.05) is 12.1 Å². The Kier molecular flexibility index (Phi) is 5.31. The molecule has 1 aromatic rings. The third-order valence-electron chi connectivity index (χ3n) is 2.77. The number of methoxy groups -OCH3 is 1. The molecular formula is C12H18N2O4S. The minimum atomic E-state index is -3.51. The summed E-state index contributed by atoms with van der Waals surface area (Å²) in [4.78, 5) is 10.9. The van der Waals surface area contributed by atoms with Gasteiger partial charge in [0.25, 0.3) is 0 Å². The summed E-state index contributed by atoms with van der Waals surface area (Å²) in [6.45, 7) is 1.98. The maximum absolute atomic E-state index is 11.7. The van der Waals surface area contributed by atoms with Crippen LogP contribution in [-0.2, 0) is 26.1 Å². The lowest BCUT2D eigenvalue weighted by Crippen LogP contribution is -2.27. The lowest BCUT2D eigenvalue weighted by Gasteiger charge is -2.10. The average molecular weight is 286 g/mol. The summed E-state index contributed by atoms with van der Waals surface area (Å²) < 4.78 is 30.2. The van der Waals surface area contributed by atoms with Crippen molar-refractivity contribution in [1.29, 1.82) is 0 Å². The molecule has 0 unspecified atom stereocenters. The number of ether oxygens (including phenoxy) is 1. The van der Waals surface area contributed by atoms with Gasteiger partial charge in [-0.15, -0.1) is 0 Å². The van der Waals surface area contributed by atoms with Crippen molar-refractivity contribution in [3.63, 3.8) is 0 Å². The fourth-order valence-corrected chi connectivity index (χ4v) is 2.43. The second-order valence-electron chi connectivity index (χ2n) is 4.10. The van der Waals surface area contributed by atoms with Gasteiger partial charge in [0.1, 0.15) is 0 Å². The SMILES string of the molecule is COC(=O)CCS(=O)(=O)NCc1cccc(N)c1C. The quantitative estimate of drug-likeness (QED) is 0.588. The molecule has 6 nitrogen and oxygen atoms in total. The van der Waals surface area contributed by atoms with Gasteiger partial charge in [0, 0.05) is 12.2 Å². The number of anilines is 1. The van der Waals surface area contributed by atoms with Crippen LogP contribution in [0.2, 0.25) is 0 Å². The third kappa shape index (κ3) is 4.88. The first-order valence-electron chi connectivity index (χ1n) is 5.74. The van der Waals surface area contributed by atoms with Crippen molar-refractivity contribution < 1.29 is 17.9 Å². The molecule has 0 amide bonds. The van der Waals surface area contributed by atoms with Crippen LogP contribution in [0.4, 0.5) is 5.69 Å². The number of carbonyl (C=O) groups is 1. The number of sulfonamides is 1. The molecule has 106 valence electrons. The number of nitrogens with two attached hydrogens (primary N) is 1. The van der Waals surface area contributed by atoms with Crippen molar-refractivity contribution in [1.82, 2.24) is 4.72 Å². The van der Waals surface area contributed by atoms with E-state index in [0.717, 1.165) is 11.1 Å². The zero-order valence-electron chi connectivity index (χ0n) is 11.0. The van der Waals surface area contributed by atoms with Gasteiger partial charge in [-0.2, -0.15) is 0 Å². The Labute approximate surface area is 113 Å². The number of benzene rings is 1. The highest BCUT2D eigenvalue weighted by Crippen LogP contribution is 2.15. The Hall–Kier alpha value is -1.60. The average Bonchev–Trinajstić information content (AvgIpc) is 2.38. The molecule has 0 saturated carbocycles. The molecule has 19 heavy (non-hydrogen) atoms. The molecule has 7 heteroatoms. The normalized spacial score (nSPS) is 11.3. The summed E-state index contributed by atoms with van der Waals surface area (Å²) in [5.74, 6) is -0.841. The second kappa shape index (κ2) is 6.53. The van der Waals surface area contributed by atoms with Gasteiger partial charge in [0.15, 0.2) is 0 Å². The number of rotatable bonds is 6. The molecule has 0 aliphatic heterocycles. The summed E-state index contributed by atoms with van der Waals surface area (Å²) in [5.41, 5.74) is 8.01. The van der Waals surface area contributed by atoms with Gasteiger partial charge < -0.3 is 10.5 Å². The molecule has 0 aromatic heterocycles. The molecule has 0 radical (unpaired) electrons. The predicted molar refractivity (Wildman–Crippen MR) is 72.9 cm³/mol. The van der Waals surface area contributed by atoms with Crippen LogP contribution in [0.5, 0.6) is 0 Å². The fraction of sp³-hybridized carbons (Fsp3) is 0.417. The second-order valence-corrected chi connectivity index (χ2v) is 6.02. The van der Waals surface area contributed by atoms with Gasteiger partial charge in [0.2, 0.25) is 10.0 Å². The van der Waals surface area contributed by atoms with E-state index in [1.165, 1.54) is 7.11 Å². The van der Waals surface area contributed by atoms with Crippen LogP contribution < -0.4 is 10.5 Å². The van der Waals surface area contributed by atoms with Crippen LogP contribution in [0.1, 0.15) is 17.5 Å². The number of nitrogens with one attached hydrogen (secondary N) is 1. The predicted octanol–water partition coefficient (Wildman–Crippen LogP) is 0.560. The summed E-state index contributed by atoms with van der Waals surface area (Å²) >= 11 is 0. The molecule has 0 aliphatic carbocycles. The van der Waals surface area contributed by atoms with E-state index in [-0.39, 0.29) is 18.7 Å². The molecule has 0 saturated heterocycles. The lowest BCUT2D eigenvalue weighted by atomic mass is 10.1. The van der Waals surface area contributed by atoms with Gasteiger partial charge >= 0.3 is 5.97 Å². The molecule has 3 N–H and O–H groups in total. The van der Waals surface area contributed by atoms with E-state index in [2.05, 4.69) is 9.46 Å². The van der Waals surface area contributed by atoms with Crippen molar-refractivity contribution >= 4 is 21.7 Å². The molecule has 0 fully saturated rings. The van der Waals surface area contributed by atoms with Crippen LogP contribution >= 0.6 is 0 Å². The number of nitrogen functional groups attached to an aromatic ring is 1.